The fourth-order valence-corrected chi connectivity index (χ4v) is 2.63. The van der Waals surface area contributed by atoms with E-state index in [1.54, 1.807) is 12.1 Å². The van der Waals surface area contributed by atoms with Gasteiger partial charge in [0.05, 0.1) is 0 Å². The Kier molecular flexibility index (Phi) is 4.86. The third kappa shape index (κ3) is 4.06. The minimum Gasteiger partial charge on any atom is -0.423 e. The van der Waals surface area contributed by atoms with Crippen LogP contribution in [0.1, 0.15) is 26.3 Å². The van der Waals surface area contributed by atoms with Crippen molar-refractivity contribution in [2.75, 3.05) is 26.2 Å². The van der Waals surface area contributed by atoms with Gasteiger partial charge in [-0.15, -0.1) is 0 Å². The zero-order chi connectivity index (χ0) is 14.8. The van der Waals surface area contributed by atoms with E-state index in [1.807, 2.05) is 12.1 Å². The average Bonchev–Trinajstić information content (AvgIpc) is 2.39. The van der Waals surface area contributed by atoms with E-state index in [2.05, 4.69) is 30.6 Å². The fraction of sp³-hybridized carbons (Fsp3) is 0.600. The highest BCUT2D eigenvalue weighted by atomic mass is 16.4. The molecule has 0 unspecified atom stereocenters. The van der Waals surface area contributed by atoms with E-state index in [4.69, 9.17) is 10.0 Å². The number of hydrogen-bond acceptors (Lipinski definition) is 4. The Morgan fingerprint density at radius 3 is 2.00 bits per heavy atom. The van der Waals surface area contributed by atoms with Crippen molar-refractivity contribution >= 4 is 12.6 Å². The summed E-state index contributed by atoms with van der Waals surface area (Å²) in [4.78, 5) is 4.97. The molecule has 0 saturated carbocycles. The van der Waals surface area contributed by atoms with Crippen LogP contribution in [-0.4, -0.2) is 58.7 Å². The minimum atomic E-state index is -1.38. The first-order chi connectivity index (χ1) is 9.36. The molecule has 1 aromatic rings. The third-order valence-corrected chi connectivity index (χ3v) is 4.01. The van der Waals surface area contributed by atoms with Crippen molar-refractivity contribution in [3.8, 4) is 0 Å². The molecule has 1 aliphatic heterocycles. The summed E-state index contributed by atoms with van der Waals surface area (Å²) in [7, 11) is -1.38. The van der Waals surface area contributed by atoms with Crippen LogP contribution in [0.15, 0.2) is 24.3 Å². The molecule has 1 fully saturated rings. The van der Waals surface area contributed by atoms with Gasteiger partial charge < -0.3 is 10.0 Å². The second-order valence-corrected chi connectivity index (χ2v) is 6.55. The summed E-state index contributed by atoms with van der Waals surface area (Å²) in [6.45, 7) is 12.1. The maximum atomic E-state index is 9.08. The molecule has 1 saturated heterocycles. The number of benzene rings is 1. The molecule has 0 amide bonds. The van der Waals surface area contributed by atoms with Crippen LogP contribution >= 0.6 is 0 Å². The van der Waals surface area contributed by atoms with Gasteiger partial charge in [-0.25, -0.2) is 0 Å². The van der Waals surface area contributed by atoms with Gasteiger partial charge in [0.15, 0.2) is 0 Å². The van der Waals surface area contributed by atoms with E-state index in [0.29, 0.717) is 5.46 Å². The van der Waals surface area contributed by atoms with Gasteiger partial charge in [0.25, 0.3) is 0 Å². The van der Waals surface area contributed by atoms with Crippen LogP contribution in [0.25, 0.3) is 0 Å². The lowest BCUT2D eigenvalue weighted by Crippen LogP contribution is -2.53. The Morgan fingerprint density at radius 2 is 1.55 bits per heavy atom. The fourth-order valence-electron chi connectivity index (χ4n) is 2.63. The average molecular weight is 276 g/mol. The van der Waals surface area contributed by atoms with E-state index in [9.17, 15) is 0 Å². The van der Waals surface area contributed by atoms with Crippen molar-refractivity contribution in [1.29, 1.82) is 0 Å². The SMILES string of the molecule is CC(C)(C)N1CCN(Cc2ccc(B(O)O)cc2)CC1. The Labute approximate surface area is 122 Å². The molecule has 0 bridgehead atoms. The van der Waals surface area contributed by atoms with Crippen LogP contribution in [0.3, 0.4) is 0 Å². The first-order valence-corrected chi connectivity index (χ1v) is 7.28. The summed E-state index contributed by atoms with van der Waals surface area (Å²) in [5.41, 5.74) is 2.02. The Bertz CT molecular complexity index is 420. The lowest BCUT2D eigenvalue weighted by atomic mass is 9.80. The van der Waals surface area contributed by atoms with Crippen LogP contribution in [0.2, 0.25) is 0 Å². The van der Waals surface area contributed by atoms with Crippen LogP contribution in [-0.2, 0) is 6.54 Å². The second kappa shape index (κ2) is 6.27. The molecule has 20 heavy (non-hydrogen) atoms. The van der Waals surface area contributed by atoms with Gasteiger partial charge in [0, 0.05) is 38.3 Å². The highest BCUT2D eigenvalue weighted by Crippen LogP contribution is 2.16. The predicted molar refractivity (Wildman–Crippen MR) is 82.9 cm³/mol. The van der Waals surface area contributed by atoms with Crippen LogP contribution in [0.5, 0.6) is 0 Å². The molecule has 2 rings (SSSR count). The summed E-state index contributed by atoms with van der Waals surface area (Å²) in [5.74, 6) is 0. The molecule has 0 atom stereocenters. The zero-order valence-electron chi connectivity index (χ0n) is 12.7. The molecule has 1 heterocycles. The molecule has 1 aromatic carbocycles. The zero-order valence-corrected chi connectivity index (χ0v) is 12.7. The topological polar surface area (TPSA) is 46.9 Å². The first kappa shape index (κ1) is 15.5. The van der Waals surface area contributed by atoms with Crippen molar-refractivity contribution in [1.82, 2.24) is 9.80 Å². The largest absolute Gasteiger partial charge is 0.488 e. The van der Waals surface area contributed by atoms with Gasteiger partial charge >= 0.3 is 7.12 Å². The highest BCUT2D eigenvalue weighted by Gasteiger charge is 2.25. The van der Waals surface area contributed by atoms with Crippen molar-refractivity contribution < 1.29 is 10.0 Å². The van der Waals surface area contributed by atoms with Crippen molar-refractivity contribution in [2.24, 2.45) is 0 Å². The summed E-state index contributed by atoms with van der Waals surface area (Å²) >= 11 is 0. The van der Waals surface area contributed by atoms with Gasteiger partial charge in [-0.05, 0) is 31.8 Å². The monoisotopic (exact) mass is 276 g/mol. The van der Waals surface area contributed by atoms with E-state index in [-0.39, 0.29) is 5.54 Å². The lowest BCUT2D eigenvalue weighted by Gasteiger charge is -2.42. The molecular formula is C15H25BN2O2. The normalized spacial score (nSPS) is 18.2. The van der Waals surface area contributed by atoms with Gasteiger partial charge in [-0.1, -0.05) is 24.3 Å². The lowest BCUT2D eigenvalue weighted by molar-refractivity contribution is 0.0591. The van der Waals surface area contributed by atoms with Gasteiger partial charge in [0.1, 0.15) is 0 Å². The van der Waals surface area contributed by atoms with Crippen molar-refractivity contribution in [3.63, 3.8) is 0 Å². The Hall–Kier alpha value is -0.875. The molecule has 0 radical (unpaired) electrons. The van der Waals surface area contributed by atoms with Crippen LogP contribution in [0, 0.1) is 0 Å². The molecule has 4 nitrogen and oxygen atoms in total. The Morgan fingerprint density at radius 1 is 1.00 bits per heavy atom. The molecular weight excluding hydrogens is 251 g/mol. The maximum Gasteiger partial charge on any atom is 0.488 e. The quantitative estimate of drug-likeness (QED) is 0.779. The van der Waals surface area contributed by atoms with Gasteiger partial charge in [-0.3, -0.25) is 9.80 Å². The minimum absolute atomic E-state index is 0.255. The number of nitrogens with zero attached hydrogens (tertiary/aromatic N) is 2. The van der Waals surface area contributed by atoms with E-state index in [1.165, 1.54) is 5.56 Å². The van der Waals surface area contributed by atoms with Gasteiger partial charge in [0.2, 0.25) is 0 Å². The molecule has 110 valence electrons. The maximum absolute atomic E-state index is 9.08. The van der Waals surface area contributed by atoms with Crippen LogP contribution < -0.4 is 5.46 Å². The molecule has 5 heteroatoms. The van der Waals surface area contributed by atoms with Crippen LogP contribution in [0.4, 0.5) is 0 Å². The highest BCUT2D eigenvalue weighted by molar-refractivity contribution is 6.58. The predicted octanol–water partition coefficient (Wildman–Crippen LogP) is 0.283. The van der Waals surface area contributed by atoms with Crippen molar-refractivity contribution in [3.05, 3.63) is 29.8 Å². The number of hydrogen-bond donors (Lipinski definition) is 2. The molecule has 1 aliphatic rings. The smallest absolute Gasteiger partial charge is 0.423 e. The Balaban J connectivity index is 1.86. The van der Waals surface area contributed by atoms with E-state index < -0.39 is 7.12 Å². The molecule has 0 spiro atoms. The molecule has 0 aromatic heterocycles. The summed E-state index contributed by atoms with van der Waals surface area (Å²) in [5, 5.41) is 18.2. The van der Waals surface area contributed by atoms with E-state index in [0.717, 1.165) is 32.7 Å². The van der Waals surface area contributed by atoms with Crippen molar-refractivity contribution in [2.45, 2.75) is 32.9 Å². The molecule has 2 N–H and O–H groups in total. The summed E-state index contributed by atoms with van der Waals surface area (Å²) in [6.07, 6.45) is 0. The summed E-state index contributed by atoms with van der Waals surface area (Å²) in [6, 6.07) is 7.52. The van der Waals surface area contributed by atoms with Gasteiger partial charge in [-0.2, -0.15) is 0 Å². The second-order valence-electron chi connectivity index (χ2n) is 6.55. The third-order valence-electron chi connectivity index (χ3n) is 4.01. The number of piperazine rings is 1. The number of rotatable bonds is 3. The molecule has 0 aliphatic carbocycles. The standard InChI is InChI=1S/C15H25BN2O2/c1-15(2,3)18-10-8-17(9-11-18)12-13-4-6-14(7-5-13)16(19)20/h4-7,19-20H,8-12H2,1-3H3. The summed E-state index contributed by atoms with van der Waals surface area (Å²) < 4.78 is 0. The van der Waals surface area contributed by atoms with E-state index >= 15 is 0 Å². The first-order valence-electron chi connectivity index (χ1n) is 7.28.